The van der Waals surface area contributed by atoms with E-state index in [0.29, 0.717) is 5.92 Å². The number of aromatic nitrogens is 4. The van der Waals surface area contributed by atoms with E-state index in [1.165, 1.54) is 17.5 Å². The van der Waals surface area contributed by atoms with Gasteiger partial charge in [0.25, 0.3) is 0 Å². The molecule has 1 unspecified atom stereocenters. The van der Waals surface area contributed by atoms with Crippen LogP contribution in [0.3, 0.4) is 0 Å². The van der Waals surface area contributed by atoms with E-state index < -0.39 is 0 Å². The monoisotopic (exact) mass is 350 g/mol. The molecule has 0 spiro atoms. The summed E-state index contributed by atoms with van der Waals surface area (Å²) in [6.45, 7) is 10.6. The zero-order chi connectivity index (χ0) is 18.1. The summed E-state index contributed by atoms with van der Waals surface area (Å²) < 4.78 is 1.75. The maximum Gasteiger partial charge on any atom is 0.200 e. The van der Waals surface area contributed by atoms with Crippen LogP contribution in [0.1, 0.15) is 28.8 Å². The first-order valence-corrected chi connectivity index (χ1v) is 9.30. The Balaban J connectivity index is 1.40. The van der Waals surface area contributed by atoms with Gasteiger partial charge in [0.2, 0.25) is 5.65 Å². The summed E-state index contributed by atoms with van der Waals surface area (Å²) in [5.41, 5.74) is 6.85. The van der Waals surface area contributed by atoms with Crippen molar-refractivity contribution in [3.63, 3.8) is 0 Å². The molecule has 1 N–H and O–H groups in total. The average Bonchev–Trinajstić information content (AvgIpc) is 3.27. The molecule has 3 heterocycles. The summed E-state index contributed by atoms with van der Waals surface area (Å²) >= 11 is 0. The molecular weight excluding hydrogens is 324 g/mol. The zero-order valence-corrected chi connectivity index (χ0v) is 15.7. The fraction of sp³-hybridized carbons (Fsp3) is 0.450. The third-order valence-corrected chi connectivity index (χ3v) is 5.52. The van der Waals surface area contributed by atoms with Crippen LogP contribution in [0.2, 0.25) is 0 Å². The summed E-state index contributed by atoms with van der Waals surface area (Å²) in [5, 5.41) is 16.3. The van der Waals surface area contributed by atoms with Crippen LogP contribution in [-0.4, -0.2) is 44.3 Å². The predicted octanol–water partition coefficient (Wildman–Crippen LogP) is 2.98. The van der Waals surface area contributed by atoms with Gasteiger partial charge in [0.1, 0.15) is 6.33 Å². The molecule has 6 heteroatoms. The Labute approximate surface area is 154 Å². The van der Waals surface area contributed by atoms with Gasteiger partial charge in [-0.25, -0.2) is 0 Å². The number of nitrogens with zero attached hydrogens (tertiary/aromatic N) is 5. The topological polar surface area (TPSA) is 58.4 Å². The van der Waals surface area contributed by atoms with Crippen molar-refractivity contribution < 1.29 is 0 Å². The summed E-state index contributed by atoms with van der Waals surface area (Å²) in [4.78, 5) is 2.56. The number of anilines is 1. The molecule has 1 atom stereocenters. The molecule has 6 nitrogen and oxygen atoms in total. The minimum Gasteiger partial charge on any atom is -0.381 e. The third-order valence-electron chi connectivity index (χ3n) is 5.52. The maximum absolute atomic E-state index is 4.49. The summed E-state index contributed by atoms with van der Waals surface area (Å²) in [5.74, 6) is 0.648. The minimum atomic E-state index is 0.648. The second-order valence-electron chi connectivity index (χ2n) is 7.38. The number of benzene rings is 1. The van der Waals surface area contributed by atoms with Crippen LogP contribution in [0.15, 0.2) is 30.6 Å². The molecule has 1 aromatic carbocycles. The van der Waals surface area contributed by atoms with Crippen LogP contribution in [-0.2, 0) is 6.54 Å². The first-order valence-electron chi connectivity index (χ1n) is 9.30. The van der Waals surface area contributed by atoms with Crippen molar-refractivity contribution in [1.29, 1.82) is 0 Å². The number of aryl methyl sites for hydroxylation is 2. The molecule has 136 valence electrons. The average molecular weight is 350 g/mol. The summed E-state index contributed by atoms with van der Waals surface area (Å²) in [7, 11) is 0. The Morgan fingerprint density at radius 3 is 2.88 bits per heavy atom. The highest BCUT2D eigenvalue weighted by Crippen LogP contribution is 2.24. The second kappa shape index (κ2) is 7.03. The van der Waals surface area contributed by atoms with Crippen LogP contribution < -0.4 is 5.32 Å². The fourth-order valence-corrected chi connectivity index (χ4v) is 3.76. The van der Waals surface area contributed by atoms with E-state index in [4.69, 9.17) is 0 Å². The Kier molecular flexibility index (Phi) is 4.59. The van der Waals surface area contributed by atoms with Crippen molar-refractivity contribution in [2.24, 2.45) is 5.92 Å². The van der Waals surface area contributed by atoms with Crippen LogP contribution in [0.5, 0.6) is 0 Å². The lowest BCUT2D eigenvalue weighted by molar-refractivity contribution is 0.318. The van der Waals surface area contributed by atoms with Crippen molar-refractivity contribution in [3.8, 4) is 0 Å². The zero-order valence-electron chi connectivity index (χ0n) is 15.7. The molecule has 1 aliphatic rings. The Hall–Kier alpha value is -2.47. The third kappa shape index (κ3) is 3.29. The molecule has 1 fully saturated rings. The van der Waals surface area contributed by atoms with E-state index in [-0.39, 0.29) is 0 Å². The Morgan fingerprint density at radius 2 is 2.04 bits per heavy atom. The maximum atomic E-state index is 4.49. The Bertz CT molecular complexity index is 916. The Morgan fingerprint density at radius 1 is 1.19 bits per heavy atom. The predicted molar refractivity (Wildman–Crippen MR) is 103 cm³/mol. The number of hydrogen-bond donors (Lipinski definition) is 1. The molecule has 0 saturated carbocycles. The number of rotatable bonds is 5. The van der Waals surface area contributed by atoms with E-state index in [1.807, 2.05) is 6.92 Å². The van der Waals surface area contributed by atoms with E-state index >= 15 is 0 Å². The van der Waals surface area contributed by atoms with Crippen molar-refractivity contribution in [1.82, 2.24) is 24.7 Å². The lowest BCUT2D eigenvalue weighted by atomic mass is 10.1. The molecule has 3 aromatic rings. The summed E-state index contributed by atoms with van der Waals surface area (Å²) in [6, 6.07) is 8.68. The lowest BCUT2D eigenvalue weighted by Crippen LogP contribution is -2.23. The van der Waals surface area contributed by atoms with Gasteiger partial charge in [0.05, 0.1) is 11.4 Å². The van der Waals surface area contributed by atoms with Gasteiger partial charge in [0.15, 0.2) is 0 Å². The number of fused-ring (bicyclic) bond motifs is 1. The van der Waals surface area contributed by atoms with E-state index in [9.17, 15) is 0 Å². The van der Waals surface area contributed by atoms with Gasteiger partial charge >= 0.3 is 0 Å². The van der Waals surface area contributed by atoms with Crippen LogP contribution in [0, 0.1) is 26.7 Å². The van der Waals surface area contributed by atoms with Gasteiger partial charge < -0.3 is 5.32 Å². The van der Waals surface area contributed by atoms with Crippen molar-refractivity contribution in [2.75, 3.05) is 25.0 Å². The van der Waals surface area contributed by atoms with Crippen LogP contribution >= 0.6 is 0 Å². The molecule has 2 aromatic heterocycles. The van der Waals surface area contributed by atoms with E-state index in [2.05, 4.69) is 63.6 Å². The molecule has 0 amide bonds. The molecule has 0 bridgehead atoms. The second-order valence-corrected chi connectivity index (χ2v) is 7.38. The molecule has 1 aliphatic heterocycles. The normalized spacial score (nSPS) is 17.9. The number of likely N-dealkylation sites (tertiary alicyclic amines) is 1. The highest BCUT2D eigenvalue weighted by atomic mass is 15.3. The molecular formula is C20H26N6. The van der Waals surface area contributed by atoms with Crippen molar-refractivity contribution in [2.45, 2.75) is 33.7 Å². The van der Waals surface area contributed by atoms with Gasteiger partial charge in [-0.05, 0) is 56.3 Å². The van der Waals surface area contributed by atoms with Crippen molar-refractivity contribution >= 4 is 11.3 Å². The smallest absolute Gasteiger partial charge is 0.200 e. The first kappa shape index (κ1) is 17.0. The van der Waals surface area contributed by atoms with Crippen molar-refractivity contribution in [3.05, 3.63) is 53.0 Å². The number of hydrogen-bond acceptors (Lipinski definition) is 5. The van der Waals surface area contributed by atoms with Gasteiger partial charge in [0, 0.05) is 19.6 Å². The molecule has 26 heavy (non-hydrogen) atoms. The first-order chi connectivity index (χ1) is 12.6. The minimum absolute atomic E-state index is 0.648. The highest BCUT2D eigenvalue weighted by Gasteiger charge is 2.23. The van der Waals surface area contributed by atoms with Crippen LogP contribution in [0.4, 0.5) is 5.69 Å². The standard InChI is InChI=1S/C20H26N6/c1-14-6-4-5-7-18(14)12-25-9-8-17(11-25)10-21-19-15(2)16(3)24-26-13-22-23-20(19)26/h4-7,13,17,21H,8-12H2,1-3H3. The van der Waals surface area contributed by atoms with Gasteiger partial charge in [-0.15, -0.1) is 10.2 Å². The molecule has 0 radical (unpaired) electrons. The summed E-state index contributed by atoms with van der Waals surface area (Å²) in [6.07, 6.45) is 2.89. The molecule has 0 aliphatic carbocycles. The fourth-order valence-electron chi connectivity index (χ4n) is 3.76. The van der Waals surface area contributed by atoms with Gasteiger partial charge in [-0.3, -0.25) is 4.90 Å². The largest absolute Gasteiger partial charge is 0.381 e. The van der Waals surface area contributed by atoms with E-state index in [1.54, 1.807) is 10.8 Å². The molecule has 1 saturated heterocycles. The lowest BCUT2D eigenvalue weighted by Gasteiger charge is -2.18. The van der Waals surface area contributed by atoms with Gasteiger partial charge in [-0.1, -0.05) is 24.3 Å². The quantitative estimate of drug-likeness (QED) is 0.767. The SMILES string of the molecule is Cc1ccccc1CN1CCC(CNc2c(C)c(C)nn3cnnc23)C1. The van der Waals surface area contributed by atoms with Gasteiger partial charge in [-0.2, -0.15) is 9.61 Å². The van der Waals surface area contributed by atoms with E-state index in [0.717, 1.165) is 48.8 Å². The van der Waals surface area contributed by atoms with Crippen LogP contribution in [0.25, 0.3) is 5.65 Å². The highest BCUT2D eigenvalue weighted by molar-refractivity contribution is 5.71. The molecule has 4 rings (SSSR count). The number of nitrogens with one attached hydrogen (secondary N) is 1.